The van der Waals surface area contributed by atoms with Crippen LogP contribution < -0.4 is 5.73 Å². The van der Waals surface area contributed by atoms with Gasteiger partial charge in [0.05, 0.1) is 11.7 Å². The Hall–Kier alpha value is -0.830. The SMILES string of the molecule is CC1CCC(CN)(Cc2ccn(C3CCCCC3)n2)C1. The third-order valence-corrected chi connectivity index (χ3v) is 5.55. The van der Waals surface area contributed by atoms with Gasteiger partial charge in [-0.3, -0.25) is 4.68 Å². The Morgan fingerprint density at radius 2 is 2.10 bits per heavy atom. The van der Waals surface area contributed by atoms with E-state index in [0.717, 1.165) is 18.9 Å². The van der Waals surface area contributed by atoms with Crippen molar-refractivity contribution in [3.05, 3.63) is 18.0 Å². The van der Waals surface area contributed by atoms with Crippen molar-refractivity contribution < 1.29 is 0 Å². The van der Waals surface area contributed by atoms with Crippen molar-refractivity contribution in [2.45, 2.75) is 70.8 Å². The van der Waals surface area contributed by atoms with Gasteiger partial charge in [0.25, 0.3) is 0 Å². The van der Waals surface area contributed by atoms with Gasteiger partial charge in [-0.25, -0.2) is 0 Å². The Bertz CT molecular complexity index is 433. The van der Waals surface area contributed by atoms with Crippen LogP contribution in [-0.2, 0) is 6.42 Å². The first-order valence-corrected chi connectivity index (χ1v) is 8.45. The lowest BCUT2D eigenvalue weighted by Crippen LogP contribution is -2.30. The van der Waals surface area contributed by atoms with Gasteiger partial charge in [0.2, 0.25) is 0 Å². The quantitative estimate of drug-likeness (QED) is 0.910. The molecule has 2 aliphatic carbocycles. The van der Waals surface area contributed by atoms with Gasteiger partial charge in [0, 0.05) is 6.20 Å². The Morgan fingerprint density at radius 3 is 2.75 bits per heavy atom. The molecule has 1 heterocycles. The third-order valence-electron chi connectivity index (χ3n) is 5.55. The molecule has 0 spiro atoms. The van der Waals surface area contributed by atoms with Crippen molar-refractivity contribution in [1.29, 1.82) is 0 Å². The molecular formula is C17H29N3. The van der Waals surface area contributed by atoms with Crippen LogP contribution in [0.25, 0.3) is 0 Å². The molecule has 1 aromatic rings. The first kappa shape index (κ1) is 14.1. The van der Waals surface area contributed by atoms with Crippen molar-refractivity contribution in [1.82, 2.24) is 9.78 Å². The molecule has 3 rings (SSSR count). The predicted octanol–water partition coefficient (Wildman–Crippen LogP) is 3.70. The molecule has 0 aliphatic heterocycles. The van der Waals surface area contributed by atoms with E-state index in [9.17, 15) is 0 Å². The van der Waals surface area contributed by atoms with Gasteiger partial charge in [0.15, 0.2) is 0 Å². The molecule has 1 aromatic heterocycles. The van der Waals surface area contributed by atoms with Crippen molar-refractivity contribution in [2.24, 2.45) is 17.1 Å². The maximum Gasteiger partial charge on any atom is 0.0630 e. The van der Waals surface area contributed by atoms with Crippen LogP contribution in [0.15, 0.2) is 12.3 Å². The number of aromatic nitrogens is 2. The summed E-state index contributed by atoms with van der Waals surface area (Å²) in [7, 11) is 0. The number of rotatable bonds is 4. The second-order valence-electron chi connectivity index (χ2n) is 7.31. The van der Waals surface area contributed by atoms with Crippen LogP contribution in [0.4, 0.5) is 0 Å². The highest BCUT2D eigenvalue weighted by Crippen LogP contribution is 2.43. The first-order chi connectivity index (χ1) is 9.71. The molecule has 0 radical (unpaired) electrons. The van der Waals surface area contributed by atoms with Crippen molar-refractivity contribution in [2.75, 3.05) is 6.54 Å². The molecule has 0 saturated heterocycles. The van der Waals surface area contributed by atoms with Crippen LogP contribution in [-0.4, -0.2) is 16.3 Å². The number of nitrogens with zero attached hydrogens (tertiary/aromatic N) is 2. The highest BCUT2D eigenvalue weighted by atomic mass is 15.3. The summed E-state index contributed by atoms with van der Waals surface area (Å²) in [6.45, 7) is 3.17. The monoisotopic (exact) mass is 275 g/mol. The zero-order valence-corrected chi connectivity index (χ0v) is 12.9. The summed E-state index contributed by atoms with van der Waals surface area (Å²) in [6.07, 6.45) is 13.9. The smallest absolute Gasteiger partial charge is 0.0630 e. The van der Waals surface area contributed by atoms with E-state index in [0.29, 0.717) is 11.5 Å². The van der Waals surface area contributed by atoms with Crippen molar-refractivity contribution in [3.8, 4) is 0 Å². The highest BCUT2D eigenvalue weighted by molar-refractivity contribution is 5.06. The molecule has 0 amide bonds. The van der Waals surface area contributed by atoms with Crippen LogP contribution in [0.5, 0.6) is 0 Å². The molecule has 0 aromatic carbocycles. The molecule has 0 bridgehead atoms. The summed E-state index contributed by atoms with van der Waals surface area (Å²) in [4.78, 5) is 0. The molecule has 2 aliphatic rings. The van der Waals surface area contributed by atoms with Gasteiger partial charge in [-0.1, -0.05) is 32.6 Å². The molecule has 2 saturated carbocycles. The fourth-order valence-electron chi connectivity index (χ4n) is 4.32. The zero-order valence-electron chi connectivity index (χ0n) is 12.9. The lowest BCUT2D eigenvalue weighted by atomic mass is 9.81. The second kappa shape index (κ2) is 5.88. The second-order valence-corrected chi connectivity index (χ2v) is 7.31. The lowest BCUT2D eigenvalue weighted by Gasteiger charge is -2.27. The number of hydrogen-bond acceptors (Lipinski definition) is 2. The topological polar surface area (TPSA) is 43.8 Å². The van der Waals surface area contributed by atoms with E-state index in [-0.39, 0.29) is 0 Å². The first-order valence-electron chi connectivity index (χ1n) is 8.45. The fourth-order valence-corrected chi connectivity index (χ4v) is 4.32. The van der Waals surface area contributed by atoms with Gasteiger partial charge < -0.3 is 5.73 Å². The minimum atomic E-state index is 0.325. The average molecular weight is 275 g/mol. The Labute approximate surface area is 122 Å². The van der Waals surface area contributed by atoms with Crippen LogP contribution in [0.1, 0.15) is 70.0 Å². The zero-order chi connectivity index (χ0) is 14.0. The van der Waals surface area contributed by atoms with E-state index in [4.69, 9.17) is 10.8 Å². The molecule has 3 heteroatoms. The molecule has 20 heavy (non-hydrogen) atoms. The highest BCUT2D eigenvalue weighted by Gasteiger charge is 2.36. The Kier molecular flexibility index (Phi) is 4.16. The predicted molar refractivity (Wildman–Crippen MR) is 82.6 cm³/mol. The van der Waals surface area contributed by atoms with Crippen molar-refractivity contribution >= 4 is 0 Å². The minimum absolute atomic E-state index is 0.325. The Morgan fingerprint density at radius 1 is 1.30 bits per heavy atom. The van der Waals surface area contributed by atoms with Crippen LogP contribution in [0.2, 0.25) is 0 Å². The maximum atomic E-state index is 6.09. The van der Waals surface area contributed by atoms with E-state index in [1.165, 1.54) is 57.1 Å². The minimum Gasteiger partial charge on any atom is -0.330 e. The normalized spacial score (nSPS) is 31.8. The van der Waals surface area contributed by atoms with Gasteiger partial charge >= 0.3 is 0 Å². The molecule has 2 N–H and O–H groups in total. The lowest BCUT2D eigenvalue weighted by molar-refractivity contribution is 0.287. The molecule has 2 unspecified atom stereocenters. The summed E-state index contributed by atoms with van der Waals surface area (Å²) >= 11 is 0. The summed E-state index contributed by atoms with van der Waals surface area (Å²) in [6, 6.07) is 2.88. The maximum absolute atomic E-state index is 6.09. The fraction of sp³-hybridized carbons (Fsp3) is 0.824. The summed E-state index contributed by atoms with van der Waals surface area (Å²) in [5.74, 6) is 0.832. The van der Waals surface area contributed by atoms with Gasteiger partial charge in [0.1, 0.15) is 0 Å². The Balaban J connectivity index is 1.67. The van der Waals surface area contributed by atoms with Gasteiger partial charge in [-0.05, 0) is 56.0 Å². The standard InChI is InChI=1S/C17H29N3/c1-14-7-9-17(11-14,13-18)12-15-8-10-20(19-15)16-5-3-2-4-6-16/h8,10,14,16H,2-7,9,11-13,18H2,1H3. The summed E-state index contributed by atoms with van der Waals surface area (Å²) in [5, 5.41) is 4.88. The molecular weight excluding hydrogens is 246 g/mol. The van der Waals surface area contributed by atoms with E-state index < -0.39 is 0 Å². The summed E-state index contributed by atoms with van der Waals surface area (Å²) in [5.41, 5.74) is 7.68. The van der Waals surface area contributed by atoms with Crippen molar-refractivity contribution in [3.63, 3.8) is 0 Å². The molecule has 112 valence electrons. The third kappa shape index (κ3) is 2.93. The summed E-state index contributed by atoms with van der Waals surface area (Å²) < 4.78 is 2.23. The molecule has 3 nitrogen and oxygen atoms in total. The molecule has 2 fully saturated rings. The average Bonchev–Trinajstić information content (AvgIpc) is 3.08. The van der Waals surface area contributed by atoms with Crippen LogP contribution in [0.3, 0.4) is 0 Å². The van der Waals surface area contributed by atoms with E-state index in [1.54, 1.807) is 0 Å². The van der Waals surface area contributed by atoms with Gasteiger partial charge in [-0.15, -0.1) is 0 Å². The van der Waals surface area contributed by atoms with E-state index in [1.807, 2.05) is 0 Å². The van der Waals surface area contributed by atoms with Gasteiger partial charge in [-0.2, -0.15) is 5.10 Å². The van der Waals surface area contributed by atoms with E-state index in [2.05, 4.69) is 23.9 Å². The van der Waals surface area contributed by atoms with E-state index >= 15 is 0 Å². The van der Waals surface area contributed by atoms with Crippen LogP contribution >= 0.6 is 0 Å². The number of nitrogens with two attached hydrogens (primary N) is 1. The number of hydrogen-bond donors (Lipinski definition) is 1. The largest absolute Gasteiger partial charge is 0.330 e. The molecule has 2 atom stereocenters. The van der Waals surface area contributed by atoms with Crippen LogP contribution in [0, 0.1) is 11.3 Å².